The van der Waals surface area contributed by atoms with Crippen LogP contribution in [0.5, 0.6) is 0 Å². The number of hydrogen-bond donors (Lipinski definition) is 0. The fourth-order valence-electron chi connectivity index (χ4n) is 3.73. The molecule has 0 aromatic rings. The zero-order chi connectivity index (χ0) is 24.2. The molecule has 1 saturated heterocycles. The van der Waals surface area contributed by atoms with E-state index in [-0.39, 0.29) is 22.8 Å². The van der Waals surface area contributed by atoms with Crippen LogP contribution in [0.4, 0.5) is 0 Å². The first kappa shape index (κ1) is 30.1. The van der Waals surface area contributed by atoms with Crippen molar-refractivity contribution in [3.8, 4) is 0 Å². The monoisotopic (exact) mass is 487 g/mol. The maximum atomic E-state index is 12.0. The Morgan fingerprint density at radius 3 is 1.79 bits per heavy atom. The summed E-state index contributed by atoms with van der Waals surface area (Å²) in [6.07, 6.45) is 13.8. The molecule has 0 aliphatic carbocycles. The van der Waals surface area contributed by atoms with Gasteiger partial charge >= 0.3 is 0 Å². The van der Waals surface area contributed by atoms with Crippen molar-refractivity contribution in [3.05, 3.63) is 0 Å². The molecule has 0 bridgehead atoms. The molecule has 1 aliphatic heterocycles. The number of thioether (sulfide) groups is 1. The number of carbonyl (C=O) groups is 3. The van der Waals surface area contributed by atoms with Crippen molar-refractivity contribution in [1.29, 1.82) is 0 Å². The molecule has 0 radical (unpaired) electrons. The van der Waals surface area contributed by atoms with E-state index in [1.165, 1.54) is 42.3 Å². The van der Waals surface area contributed by atoms with Crippen LogP contribution >= 0.6 is 11.8 Å². The van der Waals surface area contributed by atoms with Crippen molar-refractivity contribution in [3.63, 3.8) is 0 Å². The van der Waals surface area contributed by atoms with Gasteiger partial charge in [0.2, 0.25) is 11.8 Å². The predicted octanol–water partition coefficient (Wildman–Crippen LogP) is 4.41. The quantitative estimate of drug-likeness (QED) is 0.156. The van der Waals surface area contributed by atoms with Gasteiger partial charge in [0.05, 0.1) is 31.7 Å². The van der Waals surface area contributed by atoms with Crippen LogP contribution in [0, 0.1) is 0 Å². The van der Waals surface area contributed by atoms with Gasteiger partial charge in [-0.2, -0.15) is 11.8 Å². The van der Waals surface area contributed by atoms with Crippen LogP contribution in [-0.4, -0.2) is 80.2 Å². The predicted molar refractivity (Wildman–Crippen MR) is 133 cm³/mol. The van der Waals surface area contributed by atoms with Crippen molar-refractivity contribution >= 4 is 29.4 Å². The summed E-state index contributed by atoms with van der Waals surface area (Å²) in [4.78, 5) is 36.2. The van der Waals surface area contributed by atoms with Gasteiger partial charge in [-0.1, -0.05) is 38.5 Å². The van der Waals surface area contributed by atoms with Crippen LogP contribution < -0.4 is 0 Å². The van der Waals surface area contributed by atoms with E-state index in [0.717, 1.165) is 45.1 Å². The number of nitrogens with zero attached hydrogens (tertiary/aromatic N) is 1. The molecule has 7 nitrogen and oxygen atoms in total. The van der Waals surface area contributed by atoms with E-state index in [4.69, 9.17) is 14.2 Å². The minimum Gasteiger partial charge on any atom is -0.379 e. The van der Waals surface area contributed by atoms with Crippen molar-refractivity contribution in [2.24, 2.45) is 0 Å². The second-order valence-electron chi connectivity index (χ2n) is 8.64. The highest BCUT2D eigenvalue weighted by molar-refractivity contribution is 8.00. The summed E-state index contributed by atoms with van der Waals surface area (Å²) in [6, 6.07) is 0. The maximum Gasteiger partial charge on any atom is 0.242 e. The van der Waals surface area contributed by atoms with E-state index in [2.05, 4.69) is 0 Å². The van der Waals surface area contributed by atoms with Crippen molar-refractivity contribution in [2.45, 2.75) is 89.2 Å². The Kier molecular flexibility index (Phi) is 18.6. The molecule has 1 rings (SSSR count). The molecule has 2 amide bonds. The summed E-state index contributed by atoms with van der Waals surface area (Å²) in [5, 5.41) is -0.158. The smallest absolute Gasteiger partial charge is 0.242 e. The van der Waals surface area contributed by atoms with E-state index >= 15 is 0 Å². The molecule has 1 atom stereocenters. The Morgan fingerprint density at radius 1 is 0.788 bits per heavy atom. The van der Waals surface area contributed by atoms with Crippen LogP contribution in [0.3, 0.4) is 0 Å². The number of likely N-dealkylation sites (tertiary alicyclic amines) is 1. The number of Topliss-reactive ketones (excluding diaryl/α,β-unsaturated/α-hetero) is 1. The Bertz CT molecular complexity index is 545. The fourth-order valence-corrected chi connectivity index (χ4v) is 4.36. The summed E-state index contributed by atoms with van der Waals surface area (Å²) in [6.45, 7) is 6.07. The molecule has 8 heteroatoms. The van der Waals surface area contributed by atoms with Gasteiger partial charge in [0.1, 0.15) is 5.78 Å². The number of ketones is 1. The molecule has 1 fully saturated rings. The summed E-state index contributed by atoms with van der Waals surface area (Å²) < 4.78 is 16.5. The van der Waals surface area contributed by atoms with Gasteiger partial charge in [-0.15, -0.1) is 0 Å². The highest BCUT2D eigenvalue weighted by Crippen LogP contribution is 2.23. The molecule has 0 aromatic carbocycles. The maximum absolute atomic E-state index is 12.0. The molecule has 192 valence electrons. The Labute approximate surface area is 204 Å². The van der Waals surface area contributed by atoms with Crippen molar-refractivity contribution in [1.82, 2.24) is 4.90 Å². The Balaban J connectivity index is 1.74. The summed E-state index contributed by atoms with van der Waals surface area (Å²) >= 11 is 1.48. The lowest BCUT2D eigenvalue weighted by Gasteiger charge is -2.14. The van der Waals surface area contributed by atoms with Crippen LogP contribution in [0.25, 0.3) is 0 Å². The molecule has 0 aromatic heterocycles. The van der Waals surface area contributed by atoms with Gasteiger partial charge in [0.25, 0.3) is 0 Å². The molecule has 0 N–H and O–H groups in total. The zero-order valence-electron chi connectivity index (χ0n) is 20.8. The average Bonchev–Trinajstić information content (AvgIpc) is 3.07. The third-order valence-electron chi connectivity index (χ3n) is 5.72. The number of amides is 2. The summed E-state index contributed by atoms with van der Waals surface area (Å²) in [7, 11) is 0. The molecule has 0 spiro atoms. The van der Waals surface area contributed by atoms with E-state index in [9.17, 15) is 14.4 Å². The average molecular weight is 488 g/mol. The molecule has 1 aliphatic rings. The minimum absolute atomic E-state index is 0.00364. The Hall–Kier alpha value is -0.960. The molecular formula is C25H45NO6S. The highest BCUT2D eigenvalue weighted by atomic mass is 32.2. The fraction of sp³-hybridized carbons (Fsp3) is 0.880. The zero-order valence-corrected chi connectivity index (χ0v) is 21.6. The minimum atomic E-state index is -0.158. The van der Waals surface area contributed by atoms with Gasteiger partial charge in [-0.3, -0.25) is 14.5 Å². The molecule has 33 heavy (non-hydrogen) atoms. The number of carbonyl (C=O) groups excluding carboxylic acids is 3. The van der Waals surface area contributed by atoms with Crippen LogP contribution in [0.2, 0.25) is 0 Å². The summed E-state index contributed by atoms with van der Waals surface area (Å²) in [5.41, 5.74) is 0. The summed E-state index contributed by atoms with van der Waals surface area (Å²) in [5.74, 6) is 0.238. The van der Waals surface area contributed by atoms with Gasteiger partial charge in [-0.25, -0.2) is 0 Å². The lowest BCUT2D eigenvalue weighted by molar-refractivity contribution is -0.138. The third kappa shape index (κ3) is 15.5. The van der Waals surface area contributed by atoms with Crippen molar-refractivity contribution in [2.75, 3.05) is 52.4 Å². The second-order valence-corrected chi connectivity index (χ2v) is 9.68. The van der Waals surface area contributed by atoms with Crippen LogP contribution in [-0.2, 0) is 28.6 Å². The number of unbranched alkanes of at least 4 members (excludes halogenated alkanes) is 8. The molecular weight excluding hydrogens is 442 g/mol. The first-order valence-corrected chi connectivity index (χ1v) is 13.9. The molecule has 0 saturated carbocycles. The highest BCUT2D eigenvalue weighted by Gasteiger charge is 2.37. The van der Waals surface area contributed by atoms with Gasteiger partial charge in [0, 0.05) is 32.6 Å². The first-order chi connectivity index (χ1) is 16.1. The van der Waals surface area contributed by atoms with Gasteiger partial charge < -0.3 is 19.0 Å². The first-order valence-electron chi connectivity index (χ1n) is 12.7. The number of ether oxygens (including phenoxy) is 3. The molecule has 1 heterocycles. The molecule has 1 unspecified atom stereocenters. The normalized spacial score (nSPS) is 16.2. The second kappa shape index (κ2) is 20.4. The number of hydrogen-bond acceptors (Lipinski definition) is 7. The standard InChI is InChI=1S/C25H45NO6S/c1-22(27)13-9-12-16-31-18-20-32-19-17-30-15-11-8-6-4-3-5-7-10-14-26-24(28)21-23(33-2)25(26)29/h23H,3-21H2,1-2H3. The van der Waals surface area contributed by atoms with Gasteiger partial charge in [0.15, 0.2) is 0 Å². The van der Waals surface area contributed by atoms with E-state index in [0.29, 0.717) is 52.4 Å². The van der Waals surface area contributed by atoms with Crippen LogP contribution in [0.1, 0.15) is 84.0 Å². The lowest BCUT2D eigenvalue weighted by atomic mass is 10.1. The van der Waals surface area contributed by atoms with Crippen LogP contribution in [0.15, 0.2) is 0 Å². The Morgan fingerprint density at radius 2 is 1.27 bits per heavy atom. The largest absolute Gasteiger partial charge is 0.379 e. The number of imide groups is 1. The van der Waals surface area contributed by atoms with E-state index in [1.807, 2.05) is 6.26 Å². The van der Waals surface area contributed by atoms with E-state index in [1.54, 1.807) is 6.92 Å². The van der Waals surface area contributed by atoms with E-state index < -0.39 is 0 Å². The lowest BCUT2D eigenvalue weighted by Crippen LogP contribution is -2.32. The number of rotatable bonds is 23. The van der Waals surface area contributed by atoms with Crippen molar-refractivity contribution < 1.29 is 28.6 Å². The third-order valence-corrected chi connectivity index (χ3v) is 6.66. The van der Waals surface area contributed by atoms with Gasteiger partial charge in [-0.05, 0) is 38.9 Å². The SMILES string of the molecule is CSC1CC(=O)N(CCCCCCCCCCOCCOCCOCCCCC(C)=O)C1=O. The topological polar surface area (TPSA) is 82.1 Å².